The monoisotopic (exact) mass is 1040 g/mol. The smallest absolute Gasteiger partial charge is 0.306 e. The van der Waals surface area contributed by atoms with Crippen molar-refractivity contribution in [1.82, 2.24) is 5.32 Å². The zero-order valence-electron chi connectivity index (χ0n) is 47.5. The Bertz CT molecular complexity index is 1430. The fourth-order valence-corrected chi connectivity index (χ4v) is 9.28. The van der Waals surface area contributed by atoms with Crippen molar-refractivity contribution >= 4 is 11.9 Å². The molecule has 11 nitrogen and oxygen atoms in total. The van der Waals surface area contributed by atoms with Crippen LogP contribution < -0.4 is 5.32 Å². The summed E-state index contributed by atoms with van der Waals surface area (Å²) < 4.78 is 17.6. The third-order valence-corrected chi connectivity index (χ3v) is 14.2. The molecule has 1 amide bonds. The Balaban J connectivity index is 2.74. The van der Waals surface area contributed by atoms with Crippen LogP contribution >= 0.6 is 0 Å². The Morgan fingerprint density at radius 2 is 0.932 bits per heavy atom. The second-order valence-electron chi connectivity index (χ2n) is 21.1. The number of rotatable bonds is 51. The second kappa shape index (κ2) is 51.1. The SMILES string of the molecule is CCCCC/C=C\C/C=C\C/C=C\C/C=C\CCCCC(O)C(=O)NC(COC1OC(CO)C(O)C(O)C1OC(=O)CCCCCCCCCCCCCCCC)C(O)/C=C/CCCCCCCCCCCCC. The van der Waals surface area contributed by atoms with Crippen molar-refractivity contribution < 1.29 is 49.3 Å². The van der Waals surface area contributed by atoms with Gasteiger partial charge in [-0.05, 0) is 70.6 Å². The van der Waals surface area contributed by atoms with Gasteiger partial charge in [0.2, 0.25) is 5.91 Å². The lowest BCUT2D eigenvalue weighted by atomic mass is 9.99. The molecule has 0 radical (unpaired) electrons. The van der Waals surface area contributed by atoms with Gasteiger partial charge < -0.3 is 45.1 Å². The number of hydrogen-bond acceptors (Lipinski definition) is 10. The van der Waals surface area contributed by atoms with E-state index in [1.807, 2.05) is 6.08 Å². The van der Waals surface area contributed by atoms with Crippen LogP contribution in [0.2, 0.25) is 0 Å². The van der Waals surface area contributed by atoms with Crippen LogP contribution in [-0.2, 0) is 23.8 Å². The summed E-state index contributed by atoms with van der Waals surface area (Å²) in [4.78, 5) is 26.5. The molecule has 74 heavy (non-hydrogen) atoms. The van der Waals surface area contributed by atoms with Crippen LogP contribution in [0.1, 0.15) is 265 Å². The third kappa shape index (κ3) is 38.8. The minimum Gasteiger partial charge on any atom is -0.454 e. The van der Waals surface area contributed by atoms with Gasteiger partial charge in [0.25, 0.3) is 0 Å². The lowest BCUT2D eigenvalue weighted by Gasteiger charge is -2.41. The molecule has 1 aliphatic heterocycles. The van der Waals surface area contributed by atoms with E-state index in [0.29, 0.717) is 12.8 Å². The Morgan fingerprint density at radius 1 is 0.527 bits per heavy atom. The Morgan fingerprint density at radius 3 is 1.42 bits per heavy atom. The molecule has 8 unspecified atom stereocenters. The number of unbranched alkanes of at least 4 members (excludes halogenated alkanes) is 29. The van der Waals surface area contributed by atoms with Gasteiger partial charge in [0.1, 0.15) is 24.4 Å². The molecule has 1 fully saturated rings. The first kappa shape index (κ1) is 69.4. The van der Waals surface area contributed by atoms with Gasteiger partial charge >= 0.3 is 5.97 Å². The number of aliphatic hydroxyl groups is 5. The first-order valence-electron chi connectivity index (χ1n) is 30.6. The first-order chi connectivity index (χ1) is 36.2. The highest BCUT2D eigenvalue weighted by Gasteiger charge is 2.47. The fourth-order valence-electron chi connectivity index (χ4n) is 9.28. The molecule has 0 aromatic heterocycles. The quantitative estimate of drug-likeness (QED) is 0.0195. The van der Waals surface area contributed by atoms with Crippen LogP contribution in [0.4, 0.5) is 0 Å². The molecular weight excluding hydrogens is 931 g/mol. The average Bonchev–Trinajstić information content (AvgIpc) is 3.40. The number of hydrogen-bond donors (Lipinski definition) is 6. The largest absolute Gasteiger partial charge is 0.454 e. The maximum atomic E-state index is 13.4. The van der Waals surface area contributed by atoms with Gasteiger partial charge in [-0.1, -0.05) is 248 Å². The molecule has 0 aromatic rings. The predicted molar refractivity (Wildman–Crippen MR) is 306 cm³/mol. The van der Waals surface area contributed by atoms with E-state index in [0.717, 1.165) is 77.0 Å². The van der Waals surface area contributed by atoms with E-state index in [2.05, 4.69) is 74.7 Å². The standard InChI is InChI=1S/C63H113NO10/c1-4-7-10-13-16-19-22-25-27-28-29-30-32-35-38-41-44-47-50-56(67)62(71)64-54(55(66)49-46-43-40-37-34-31-24-21-18-15-12-9-6-3)53-72-63-61(60(70)59(69)57(52-65)73-63)74-58(68)51-48-45-42-39-36-33-26-23-20-17-14-11-8-5-2/h16,19,25,27,29-30,35,38,46,49,54-57,59-61,63,65-67,69-70H,4-15,17-18,20-24,26,28,31-34,36-37,39-45,47-48,50-53H2,1-3H3,(H,64,71)/b19-16-,27-25-,30-29-,38-35-,49-46+. The number of nitrogens with one attached hydrogen (secondary N) is 1. The highest BCUT2D eigenvalue weighted by atomic mass is 16.7. The van der Waals surface area contributed by atoms with E-state index in [9.17, 15) is 35.1 Å². The molecule has 0 bridgehead atoms. The molecule has 1 saturated heterocycles. The number of carbonyl (C=O) groups excluding carboxylic acids is 2. The molecule has 0 saturated carbocycles. The zero-order valence-corrected chi connectivity index (χ0v) is 47.5. The fraction of sp³-hybridized carbons (Fsp3) is 0.810. The maximum absolute atomic E-state index is 13.4. The second-order valence-corrected chi connectivity index (χ2v) is 21.1. The summed E-state index contributed by atoms with van der Waals surface area (Å²) >= 11 is 0. The summed E-state index contributed by atoms with van der Waals surface area (Å²) in [6, 6.07) is -1.04. The topological polar surface area (TPSA) is 175 Å². The zero-order chi connectivity index (χ0) is 54.0. The highest BCUT2D eigenvalue weighted by Crippen LogP contribution is 2.26. The molecule has 6 N–H and O–H groups in total. The summed E-state index contributed by atoms with van der Waals surface area (Å²) in [6.45, 7) is 5.74. The van der Waals surface area contributed by atoms with Gasteiger partial charge in [0.15, 0.2) is 12.4 Å². The van der Waals surface area contributed by atoms with Crippen LogP contribution in [0.15, 0.2) is 60.8 Å². The van der Waals surface area contributed by atoms with Crippen molar-refractivity contribution in [2.24, 2.45) is 0 Å². The number of aliphatic hydroxyl groups excluding tert-OH is 5. The lowest BCUT2D eigenvalue weighted by Crippen LogP contribution is -2.61. The summed E-state index contributed by atoms with van der Waals surface area (Å²) in [5.41, 5.74) is 0. The molecular formula is C63H113NO10. The van der Waals surface area contributed by atoms with E-state index in [1.54, 1.807) is 6.08 Å². The van der Waals surface area contributed by atoms with E-state index in [4.69, 9.17) is 14.2 Å². The predicted octanol–water partition coefficient (Wildman–Crippen LogP) is 14.2. The number of ether oxygens (including phenoxy) is 3. The lowest BCUT2D eigenvalue weighted by molar-refractivity contribution is -0.305. The number of allylic oxidation sites excluding steroid dienone is 9. The van der Waals surface area contributed by atoms with E-state index in [-0.39, 0.29) is 19.4 Å². The van der Waals surface area contributed by atoms with Crippen LogP contribution in [0.3, 0.4) is 0 Å². The van der Waals surface area contributed by atoms with Crippen molar-refractivity contribution in [3.05, 3.63) is 60.8 Å². The number of amides is 1. The summed E-state index contributed by atoms with van der Waals surface area (Å²) in [5, 5.41) is 56.9. The normalized spacial score (nSPS) is 19.7. The van der Waals surface area contributed by atoms with E-state index >= 15 is 0 Å². The molecule has 1 rings (SSSR count). The average molecular weight is 1040 g/mol. The molecule has 11 heteroatoms. The van der Waals surface area contributed by atoms with E-state index < -0.39 is 67.4 Å². The molecule has 0 spiro atoms. The summed E-state index contributed by atoms with van der Waals surface area (Å²) in [7, 11) is 0. The third-order valence-electron chi connectivity index (χ3n) is 14.2. The number of carbonyl (C=O) groups is 2. The summed E-state index contributed by atoms with van der Waals surface area (Å²) in [5.74, 6) is -1.22. The minimum absolute atomic E-state index is 0.121. The van der Waals surface area contributed by atoms with Crippen molar-refractivity contribution in [1.29, 1.82) is 0 Å². The summed E-state index contributed by atoms with van der Waals surface area (Å²) in [6.07, 6.45) is 52.5. The van der Waals surface area contributed by atoms with Crippen LogP contribution in [0, 0.1) is 0 Å². The molecule has 1 heterocycles. The first-order valence-corrected chi connectivity index (χ1v) is 30.6. The van der Waals surface area contributed by atoms with Gasteiger partial charge in [-0.2, -0.15) is 0 Å². The molecule has 0 aromatic carbocycles. The van der Waals surface area contributed by atoms with Crippen LogP contribution in [0.5, 0.6) is 0 Å². The molecule has 8 atom stereocenters. The Hall–Kier alpha value is -2.64. The van der Waals surface area contributed by atoms with Gasteiger partial charge in [0.05, 0.1) is 25.4 Å². The number of esters is 1. The van der Waals surface area contributed by atoms with Crippen molar-refractivity contribution in [3.8, 4) is 0 Å². The van der Waals surface area contributed by atoms with Gasteiger partial charge in [-0.15, -0.1) is 0 Å². The van der Waals surface area contributed by atoms with E-state index in [1.165, 1.54) is 141 Å². The van der Waals surface area contributed by atoms with Gasteiger partial charge in [-0.25, -0.2) is 0 Å². The Labute approximate surface area is 452 Å². The van der Waals surface area contributed by atoms with Gasteiger partial charge in [-0.3, -0.25) is 9.59 Å². The van der Waals surface area contributed by atoms with Crippen molar-refractivity contribution in [2.75, 3.05) is 13.2 Å². The molecule has 0 aliphatic carbocycles. The van der Waals surface area contributed by atoms with Crippen molar-refractivity contribution in [2.45, 2.75) is 314 Å². The molecule has 430 valence electrons. The van der Waals surface area contributed by atoms with Crippen LogP contribution in [-0.4, -0.2) is 99.6 Å². The van der Waals surface area contributed by atoms with Crippen molar-refractivity contribution in [3.63, 3.8) is 0 Å². The van der Waals surface area contributed by atoms with Gasteiger partial charge in [0, 0.05) is 6.42 Å². The minimum atomic E-state index is -1.62. The maximum Gasteiger partial charge on any atom is 0.306 e. The van der Waals surface area contributed by atoms with Crippen LogP contribution in [0.25, 0.3) is 0 Å². The Kier molecular flexibility index (Phi) is 47.9. The highest BCUT2D eigenvalue weighted by molar-refractivity contribution is 5.80. The molecule has 1 aliphatic rings.